The molecule has 1 saturated heterocycles. The van der Waals surface area contributed by atoms with Crippen LogP contribution in [0.1, 0.15) is 18.4 Å². The number of ether oxygens (including phenoxy) is 2. The number of rotatable bonds is 7. The number of aliphatic hydroxyl groups excluding tert-OH is 1. The molecule has 4 rings (SSSR count). The van der Waals surface area contributed by atoms with Gasteiger partial charge in [-0.25, -0.2) is 9.97 Å². The van der Waals surface area contributed by atoms with Crippen LogP contribution in [0.25, 0.3) is 22.6 Å². The smallest absolute Gasteiger partial charge is 0.162 e. The van der Waals surface area contributed by atoms with Gasteiger partial charge in [-0.3, -0.25) is 4.98 Å². The first kappa shape index (κ1) is 23.6. The van der Waals surface area contributed by atoms with Crippen molar-refractivity contribution in [2.45, 2.75) is 25.9 Å². The minimum absolute atomic E-state index is 0.198. The summed E-state index contributed by atoms with van der Waals surface area (Å²) in [5.74, 6) is 1.59. The van der Waals surface area contributed by atoms with Crippen LogP contribution in [0.2, 0.25) is 0 Å². The van der Waals surface area contributed by atoms with Gasteiger partial charge in [0.25, 0.3) is 0 Å². The molecule has 3 heterocycles. The lowest BCUT2D eigenvalue weighted by molar-refractivity contribution is 0.108. The number of anilines is 1. The van der Waals surface area contributed by atoms with Gasteiger partial charge in [-0.05, 0) is 51.1 Å². The Hall–Kier alpha value is -3.07. The molecule has 170 valence electrons. The molecule has 0 saturated carbocycles. The van der Waals surface area contributed by atoms with E-state index < -0.39 is 6.10 Å². The van der Waals surface area contributed by atoms with Gasteiger partial charge < -0.3 is 25.6 Å². The van der Waals surface area contributed by atoms with Crippen LogP contribution < -0.4 is 15.8 Å². The Kier molecular flexibility index (Phi) is 8.91. The summed E-state index contributed by atoms with van der Waals surface area (Å²) in [4.78, 5) is 13.2. The molecule has 1 unspecified atom stereocenters. The second kappa shape index (κ2) is 12.1. The SMILES string of the molecule is C1CCOC1.CNCC(O)COc1cccc(-c2nc(N)c(C)c(-c3ccncc3)n2)c1. The molecule has 8 nitrogen and oxygen atoms in total. The van der Waals surface area contributed by atoms with Crippen LogP contribution in [0.4, 0.5) is 5.82 Å². The van der Waals surface area contributed by atoms with Crippen molar-refractivity contribution >= 4 is 5.82 Å². The van der Waals surface area contributed by atoms with Gasteiger partial charge in [0.2, 0.25) is 0 Å². The number of aliphatic hydroxyl groups is 1. The quantitative estimate of drug-likeness (QED) is 0.517. The highest BCUT2D eigenvalue weighted by molar-refractivity contribution is 5.71. The highest BCUT2D eigenvalue weighted by Crippen LogP contribution is 2.28. The molecule has 0 spiro atoms. The third-order valence-electron chi connectivity index (χ3n) is 4.94. The summed E-state index contributed by atoms with van der Waals surface area (Å²) in [5.41, 5.74) is 9.45. The van der Waals surface area contributed by atoms with E-state index >= 15 is 0 Å². The predicted molar refractivity (Wildman–Crippen MR) is 125 cm³/mol. The average Bonchev–Trinajstić information content (AvgIpc) is 3.41. The molecule has 4 N–H and O–H groups in total. The number of likely N-dealkylation sites (N-methyl/N-ethyl adjacent to an activating group) is 1. The second-order valence-electron chi connectivity index (χ2n) is 7.51. The number of aromatic nitrogens is 3. The van der Waals surface area contributed by atoms with Crippen molar-refractivity contribution in [3.8, 4) is 28.4 Å². The fourth-order valence-electron chi connectivity index (χ4n) is 3.18. The Bertz CT molecular complexity index is 973. The average molecular weight is 438 g/mol. The summed E-state index contributed by atoms with van der Waals surface area (Å²) in [6, 6.07) is 11.2. The number of nitrogens with zero attached hydrogens (tertiary/aromatic N) is 3. The molecule has 1 atom stereocenters. The van der Waals surface area contributed by atoms with E-state index in [2.05, 4.69) is 15.3 Å². The van der Waals surface area contributed by atoms with Crippen LogP contribution in [-0.4, -0.2) is 59.6 Å². The van der Waals surface area contributed by atoms with Gasteiger partial charge in [-0.1, -0.05) is 12.1 Å². The van der Waals surface area contributed by atoms with Crippen molar-refractivity contribution in [1.29, 1.82) is 0 Å². The Morgan fingerprint density at radius 2 is 1.88 bits per heavy atom. The molecule has 2 aromatic heterocycles. The first-order valence-corrected chi connectivity index (χ1v) is 10.8. The van der Waals surface area contributed by atoms with Crippen molar-refractivity contribution in [3.05, 3.63) is 54.4 Å². The van der Waals surface area contributed by atoms with Gasteiger partial charge in [0.05, 0.1) is 5.69 Å². The van der Waals surface area contributed by atoms with Gasteiger partial charge in [0.1, 0.15) is 24.3 Å². The van der Waals surface area contributed by atoms with Crippen molar-refractivity contribution in [2.24, 2.45) is 0 Å². The Balaban J connectivity index is 0.000000509. The van der Waals surface area contributed by atoms with Gasteiger partial charge in [0.15, 0.2) is 5.82 Å². The molecule has 1 aliphatic heterocycles. The van der Waals surface area contributed by atoms with E-state index in [4.69, 9.17) is 20.2 Å². The van der Waals surface area contributed by atoms with Crippen molar-refractivity contribution < 1.29 is 14.6 Å². The maximum absolute atomic E-state index is 9.79. The summed E-state index contributed by atoms with van der Waals surface area (Å²) in [5, 5.41) is 12.7. The first-order valence-electron chi connectivity index (χ1n) is 10.8. The van der Waals surface area contributed by atoms with E-state index in [0.717, 1.165) is 35.6 Å². The van der Waals surface area contributed by atoms with Crippen molar-refractivity contribution in [3.63, 3.8) is 0 Å². The highest BCUT2D eigenvalue weighted by atomic mass is 16.5. The summed E-state index contributed by atoms with van der Waals surface area (Å²) < 4.78 is 10.6. The zero-order valence-corrected chi connectivity index (χ0v) is 18.6. The molecule has 0 amide bonds. The van der Waals surface area contributed by atoms with Crippen LogP contribution in [0.15, 0.2) is 48.8 Å². The number of nitrogen functional groups attached to an aromatic ring is 1. The number of hydrogen-bond acceptors (Lipinski definition) is 8. The normalized spacial score (nSPS) is 13.8. The lowest BCUT2D eigenvalue weighted by atomic mass is 10.1. The molecule has 1 fully saturated rings. The van der Waals surface area contributed by atoms with Gasteiger partial charge in [-0.2, -0.15) is 0 Å². The summed E-state index contributed by atoms with van der Waals surface area (Å²) in [6.07, 6.45) is 5.42. The van der Waals surface area contributed by atoms with Gasteiger partial charge in [0, 0.05) is 48.8 Å². The molecule has 3 aromatic rings. The van der Waals surface area contributed by atoms with E-state index in [1.807, 2.05) is 43.3 Å². The minimum Gasteiger partial charge on any atom is -0.491 e. The monoisotopic (exact) mass is 437 g/mol. The van der Waals surface area contributed by atoms with Crippen LogP contribution >= 0.6 is 0 Å². The zero-order valence-electron chi connectivity index (χ0n) is 18.6. The van der Waals surface area contributed by atoms with E-state index in [0.29, 0.717) is 23.9 Å². The zero-order chi connectivity index (χ0) is 22.8. The van der Waals surface area contributed by atoms with Crippen LogP contribution in [-0.2, 0) is 4.74 Å². The number of nitrogens with one attached hydrogen (secondary N) is 1. The van der Waals surface area contributed by atoms with Crippen molar-refractivity contribution in [1.82, 2.24) is 20.3 Å². The molecule has 0 aliphatic carbocycles. The Labute approximate surface area is 188 Å². The van der Waals surface area contributed by atoms with Crippen molar-refractivity contribution in [2.75, 3.05) is 39.1 Å². The fourth-order valence-corrected chi connectivity index (χ4v) is 3.18. The van der Waals surface area contributed by atoms with E-state index in [1.54, 1.807) is 19.4 Å². The number of benzene rings is 1. The van der Waals surface area contributed by atoms with E-state index in [-0.39, 0.29) is 6.61 Å². The van der Waals surface area contributed by atoms with Crippen LogP contribution in [0.5, 0.6) is 5.75 Å². The number of pyridine rings is 1. The molecule has 1 aliphatic rings. The summed E-state index contributed by atoms with van der Waals surface area (Å²) in [6.45, 7) is 4.56. The van der Waals surface area contributed by atoms with Crippen LogP contribution in [0.3, 0.4) is 0 Å². The summed E-state index contributed by atoms with van der Waals surface area (Å²) in [7, 11) is 1.78. The molecule has 32 heavy (non-hydrogen) atoms. The third kappa shape index (κ3) is 6.71. The standard InChI is InChI=1S/C20H23N5O2.C4H8O/c1-13-18(14-6-8-23-9-7-14)24-20(25-19(13)21)15-4-3-5-17(10-15)27-12-16(26)11-22-2;1-2-4-5-3-1/h3-10,16,22,26H,11-12H2,1-2H3,(H2,21,24,25);1-4H2. The number of hydrogen-bond donors (Lipinski definition) is 3. The maximum atomic E-state index is 9.79. The maximum Gasteiger partial charge on any atom is 0.162 e. The molecule has 0 bridgehead atoms. The molecular formula is C24H31N5O3. The van der Waals surface area contributed by atoms with E-state index in [9.17, 15) is 5.11 Å². The lowest BCUT2D eigenvalue weighted by Crippen LogP contribution is -2.29. The highest BCUT2D eigenvalue weighted by Gasteiger charge is 2.13. The molecule has 8 heteroatoms. The largest absolute Gasteiger partial charge is 0.491 e. The molecule has 1 aromatic carbocycles. The first-order chi connectivity index (χ1) is 15.6. The predicted octanol–water partition coefficient (Wildman–Crippen LogP) is 2.85. The molecule has 0 radical (unpaired) electrons. The van der Waals surface area contributed by atoms with E-state index in [1.165, 1.54) is 12.8 Å². The molecular weight excluding hydrogens is 406 g/mol. The third-order valence-corrected chi connectivity index (χ3v) is 4.94. The lowest BCUT2D eigenvalue weighted by Gasteiger charge is -2.13. The van der Waals surface area contributed by atoms with Gasteiger partial charge >= 0.3 is 0 Å². The number of nitrogens with two attached hydrogens (primary N) is 1. The summed E-state index contributed by atoms with van der Waals surface area (Å²) >= 11 is 0. The minimum atomic E-state index is -0.580. The topological polar surface area (TPSA) is 115 Å². The van der Waals surface area contributed by atoms with Gasteiger partial charge in [-0.15, -0.1) is 0 Å². The Morgan fingerprint density at radius 3 is 2.53 bits per heavy atom. The van der Waals surface area contributed by atoms with Crippen LogP contribution in [0, 0.1) is 6.92 Å². The second-order valence-corrected chi connectivity index (χ2v) is 7.51. The fraction of sp³-hybridized carbons (Fsp3) is 0.375. The Morgan fingerprint density at radius 1 is 1.12 bits per heavy atom.